The Labute approximate surface area is 129 Å². The van der Waals surface area contributed by atoms with Crippen LogP contribution in [0.5, 0.6) is 5.75 Å². The van der Waals surface area contributed by atoms with E-state index in [-0.39, 0.29) is 11.8 Å². The van der Waals surface area contributed by atoms with Crippen LogP contribution in [0.3, 0.4) is 0 Å². The molecule has 0 saturated carbocycles. The summed E-state index contributed by atoms with van der Waals surface area (Å²) >= 11 is 3.30. The summed E-state index contributed by atoms with van der Waals surface area (Å²) in [7, 11) is 0. The largest absolute Gasteiger partial charge is 0.439 e. The maximum atomic E-state index is 9.47. The van der Waals surface area contributed by atoms with Gasteiger partial charge in [0.1, 0.15) is 11.6 Å². The second-order valence-corrected chi connectivity index (χ2v) is 6.79. The van der Waals surface area contributed by atoms with Crippen LogP contribution in [-0.2, 0) is 0 Å². The molecule has 0 amide bonds. The van der Waals surface area contributed by atoms with Crippen LogP contribution in [0, 0.1) is 11.3 Å². The van der Waals surface area contributed by atoms with E-state index >= 15 is 0 Å². The number of nitrogens with two attached hydrogens (primary N) is 1. The molecule has 5 heteroatoms. The number of nitriles is 1. The summed E-state index contributed by atoms with van der Waals surface area (Å²) in [6, 6.07) is 14.3. The Morgan fingerprint density at radius 2 is 2.05 bits per heavy atom. The first-order valence-corrected chi connectivity index (χ1v) is 8.11. The number of rotatable bonds is 1. The normalized spacial score (nSPS) is 17.4. The van der Waals surface area contributed by atoms with E-state index in [2.05, 4.69) is 12.1 Å². The summed E-state index contributed by atoms with van der Waals surface area (Å²) in [5.74, 6) is 0.897. The van der Waals surface area contributed by atoms with Crippen molar-refractivity contribution in [1.82, 2.24) is 0 Å². The van der Waals surface area contributed by atoms with Gasteiger partial charge in [-0.1, -0.05) is 18.2 Å². The van der Waals surface area contributed by atoms with Crippen molar-refractivity contribution in [3.8, 4) is 11.8 Å². The lowest BCUT2D eigenvalue weighted by molar-refractivity contribution is 0.402. The lowest BCUT2D eigenvalue weighted by atomic mass is 9.94. The van der Waals surface area contributed by atoms with Crippen LogP contribution >= 0.6 is 22.7 Å². The zero-order valence-corrected chi connectivity index (χ0v) is 12.5. The number of ether oxygens (including phenoxy) is 1. The molecule has 0 fully saturated rings. The van der Waals surface area contributed by atoms with Gasteiger partial charge < -0.3 is 10.5 Å². The van der Waals surface area contributed by atoms with E-state index < -0.39 is 0 Å². The van der Waals surface area contributed by atoms with Crippen LogP contribution in [0.25, 0.3) is 10.1 Å². The smallest absolute Gasteiger partial charge is 0.205 e. The molecule has 4 rings (SSSR count). The second kappa shape index (κ2) is 4.62. The van der Waals surface area contributed by atoms with E-state index in [4.69, 9.17) is 10.5 Å². The molecule has 0 spiro atoms. The maximum Gasteiger partial charge on any atom is 0.205 e. The first-order chi connectivity index (χ1) is 10.3. The first-order valence-electron chi connectivity index (χ1n) is 6.42. The monoisotopic (exact) mass is 310 g/mol. The Morgan fingerprint density at radius 3 is 2.81 bits per heavy atom. The summed E-state index contributed by atoms with van der Waals surface area (Å²) in [6.45, 7) is 0. The van der Waals surface area contributed by atoms with Crippen molar-refractivity contribution in [2.75, 3.05) is 0 Å². The zero-order valence-electron chi connectivity index (χ0n) is 10.9. The number of allylic oxidation sites excluding steroid dienone is 1. The third kappa shape index (κ3) is 1.77. The highest BCUT2D eigenvalue weighted by Crippen LogP contribution is 2.50. The van der Waals surface area contributed by atoms with E-state index in [1.165, 1.54) is 0 Å². The number of hydrogen-bond acceptors (Lipinski definition) is 5. The first kappa shape index (κ1) is 12.5. The molecule has 21 heavy (non-hydrogen) atoms. The number of thiophene rings is 2. The Hall–Kier alpha value is -2.29. The van der Waals surface area contributed by atoms with Crippen LogP contribution in [0.15, 0.2) is 53.2 Å². The molecule has 0 saturated heterocycles. The summed E-state index contributed by atoms with van der Waals surface area (Å²) in [5, 5.41) is 12.5. The highest BCUT2D eigenvalue weighted by atomic mass is 32.1. The molecule has 1 aliphatic heterocycles. The van der Waals surface area contributed by atoms with Crippen LogP contribution in [0.1, 0.15) is 15.7 Å². The lowest BCUT2D eigenvalue weighted by Crippen LogP contribution is -2.19. The lowest BCUT2D eigenvalue weighted by Gasteiger charge is -2.22. The van der Waals surface area contributed by atoms with E-state index in [1.54, 1.807) is 22.7 Å². The molecular weight excluding hydrogens is 300 g/mol. The molecule has 102 valence electrons. The molecule has 0 bridgehead atoms. The van der Waals surface area contributed by atoms with Crippen molar-refractivity contribution in [3.05, 3.63) is 63.0 Å². The average Bonchev–Trinajstić information content (AvgIpc) is 3.13. The van der Waals surface area contributed by atoms with Gasteiger partial charge in [-0.3, -0.25) is 0 Å². The summed E-state index contributed by atoms with van der Waals surface area (Å²) < 4.78 is 6.92. The van der Waals surface area contributed by atoms with E-state index in [0.29, 0.717) is 5.57 Å². The molecule has 2 aromatic heterocycles. The second-order valence-electron chi connectivity index (χ2n) is 4.73. The predicted molar refractivity (Wildman–Crippen MR) is 85.4 cm³/mol. The third-order valence-corrected chi connectivity index (χ3v) is 5.71. The highest BCUT2D eigenvalue weighted by molar-refractivity contribution is 7.19. The molecule has 0 unspecified atom stereocenters. The maximum absolute atomic E-state index is 9.47. The van der Waals surface area contributed by atoms with Crippen molar-refractivity contribution in [2.45, 2.75) is 5.92 Å². The van der Waals surface area contributed by atoms with Gasteiger partial charge in [0, 0.05) is 15.0 Å². The van der Waals surface area contributed by atoms with Crippen molar-refractivity contribution in [1.29, 1.82) is 5.26 Å². The van der Waals surface area contributed by atoms with Gasteiger partial charge in [-0.05, 0) is 23.6 Å². The van der Waals surface area contributed by atoms with Crippen LogP contribution in [-0.4, -0.2) is 0 Å². The number of fused-ring (bicyclic) bond motifs is 3. The molecule has 3 heterocycles. The van der Waals surface area contributed by atoms with Gasteiger partial charge in [-0.15, -0.1) is 22.7 Å². The summed E-state index contributed by atoms with van der Waals surface area (Å²) in [5.41, 5.74) is 6.49. The van der Waals surface area contributed by atoms with Crippen molar-refractivity contribution < 1.29 is 4.74 Å². The number of benzene rings is 1. The summed E-state index contributed by atoms with van der Waals surface area (Å²) in [6.07, 6.45) is 0. The van der Waals surface area contributed by atoms with Gasteiger partial charge >= 0.3 is 0 Å². The molecule has 3 aromatic rings. The van der Waals surface area contributed by atoms with Gasteiger partial charge in [-0.2, -0.15) is 5.26 Å². The van der Waals surface area contributed by atoms with E-state index in [1.807, 2.05) is 35.7 Å². The quantitative estimate of drug-likeness (QED) is 0.733. The fourth-order valence-corrected chi connectivity index (χ4v) is 4.80. The molecule has 0 radical (unpaired) electrons. The Morgan fingerprint density at radius 1 is 1.19 bits per heavy atom. The van der Waals surface area contributed by atoms with Crippen molar-refractivity contribution in [2.24, 2.45) is 5.73 Å². The van der Waals surface area contributed by atoms with E-state index in [9.17, 15) is 5.26 Å². The average molecular weight is 310 g/mol. The Balaban J connectivity index is 2.03. The molecule has 1 atom stereocenters. The van der Waals surface area contributed by atoms with Crippen molar-refractivity contribution in [3.63, 3.8) is 0 Å². The van der Waals surface area contributed by atoms with Gasteiger partial charge in [-0.25, -0.2) is 0 Å². The minimum absolute atomic E-state index is 0.115. The summed E-state index contributed by atoms with van der Waals surface area (Å²) in [4.78, 5) is 2.18. The Bertz CT molecular complexity index is 900. The third-order valence-electron chi connectivity index (χ3n) is 3.55. The predicted octanol–water partition coefficient (Wildman–Crippen LogP) is 4.18. The minimum Gasteiger partial charge on any atom is -0.439 e. The van der Waals surface area contributed by atoms with E-state index in [0.717, 1.165) is 25.6 Å². The highest BCUT2D eigenvalue weighted by Gasteiger charge is 2.34. The zero-order chi connectivity index (χ0) is 14.4. The Kier molecular flexibility index (Phi) is 2.74. The molecule has 1 aromatic carbocycles. The number of nitrogens with zero attached hydrogens (tertiary/aromatic N) is 1. The topological polar surface area (TPSA) is 59.0 Å². The molecular formula is C16H10N2OS2. The van der Waals surface area contributed by atoms with Gasteiger partial charge in [0.2, 0.25) is 5.88 Å². The number of hydrogen-bond donors (Lipinski definition) is 1. The van der Waals surface area contributed by atoms with Gasteiger partial charge in [0.05, 0.1) is 10.8 Å². The van der Waals surface area contributed by atoms with Crippen LogP contribution in [0.4, 0.5) is 0 Å². The fraction of sp³-hybridized carbons (Fsp3) is 0.0625. The molecule has 0 aliphatic carbocycles. The van der Waals surface area contributed by atoms with Gasteiger partial charge in [0.25, 0.3) is 0 Å². The van der Waals surface area contributed by atoms with Crippen molar-refractivity contribution >= 4 is 32.8 Å². The fourth-order valence-electron chi connectivity index (χ4n) is 2.62. The minimum atomic E-state index is -0.115. The SMILES string of the molecule is N#CC1=C(N)Oc2c(sc3ccccc23)[C@@H]1c1cccs1. The van der Waals surface area contributed by atoms with Crippen LogP contribution < -0.4 is 10.5 Å². The van der Waals surface area contributed by atoms with Crippen LogP contribution in [0.2, 0.25) is 0 Å². The van der Waals surface area contributed by atoms with Gasteiger partial charge in [0.15, 0.2) is 5.75 Å². The standard InChI is InChI=1S/C16H10N2OS2/c17-8-10-13(12-6-3-7-20-12)15-14(19-16(10)18)9-4-1-2-5-11(9)21-15/h1-7,13H,18H2/t13-/m0/s1. The molecule has 1 aliphatic rings. The molecule has 3 nitrogen and oxygen atoms in total. The molecule has 2 N–H and O–H groups in total.